The summed E-state index contributed by atoms with van der Waals surface area (Å²) in [6.07, 6.45) is 1.15. The fourth-order valence-corrected chi connectivity index (χ4v) is 3.45. The Hall–Kier alpha value is -2.67. The van der Waals surface area contributed by atoms with Crippen molar-refractivity contribution in [2.45, 2.75) is 32.6 Å². The molecule has 1 amide bonds. The molecule has 1 N–H and O–H groups in total. The van der Waals surface area contributed by atoms with Crippen LogP contribution >= 0.6 is 0 Å². The summed E-state index contributed by atoms with van der Waals surface area (Å²) in [7, 11) is -3.14. The summed E-state index contributed by atoms with van der Waals surface area (Å²) in [4.78, 5) is 24.1. The minimum atomic E-state index is -3.14. The monoisotopic (exact) mass is 403 g/mol. The molecule has 150 valence electrons. The Labute approximate surface area is 165 Å². The zero-order chi connectivity index (χ0) is 20.9. The second-order valence-electron chi connectivity index (χ2n) is 6.98. The molecule has 2 aromatic rings. The smallest absolute Gasteiger partial charge is 0.338 e. The van der Waals surface area contributed by atoms with Crippen LogP contribution in [0, 0.1) is 13.8 Å². The van der Waals surface area contributed by atoms with E-state index in [2.05, 4.69) is 5.32 Å². The number of ether oxygens (including phenoxy) is 1. The van der Waals surface area contributed by atoms with Gasteiger partial charge in [-0.05, 0) is 55.2 Å². The van der Waals surface area contributed by atoms with Crippen molar-refractivity contribution in [2.75, 3.05) is 12.9 Å². The van der Waals surface area contributed by atoms with E-state index in [-0.39, 0.29) is 24.0 Å². The maximum atomic E-state index is 12.1. The molecule has 0 heterocycles. The Morgan fingerprint density at radius 3 is 2.25 bits per heavy atom. The maximum Gasteiger partial charge on any atom is 0.338 e. The Morgan fingerprint density at radius 1 is 1.04 bits per heavy atom. The molecule has 2 rings (SSSR count). The zero-order valence-electron chi connectivity index (χ0n) is 16.5. The molecule has 0 radical (unpaired) electrons. The van der Waals surface area contributed by atoms with E-state index < -0.39 is 21.7 Å². The van der Waals surface area contributed by atoms with Gasteiger partial charge in [-0.2, -0.15) is 0 Å². The van der Waals surface area contributed by atoms with Gasteiger partial charge in [0.15, 0.2) is 16.4 Å². The largest absolute Gasteiger partial charge is 0.452 e. The lowest BCUT2D eigenvalue weighted by Crippen LogP contribution is -2.31. The van der Waals surface area contributed by atoms with E-state index in [9.17, 15) is 18.0 Å². The second kappa shape index (κ2) is 9.01. The van der Waals surface area contributed by atoms with Gasteiger partial charge in [-0.15, -0.1) is 0 Å². The average molecular weight is 404 g/mol. The molecular weight excluding hydrogens is 378 g/mol. The van der Waals surface area contributed by atoms with Crippen molar-refractivity contribution in [3.05, 3.63) is 70.3 Å². The van der Waals surface area contributed by atoms with Crippen LogP contribution in [0.5, 0.6) is 0 Å². The highest BCUT2D eigenvalue weighted by molar-refractivity contribution is 7.89. The SMILES string of the molecule is Cc1ccc([C@H](C)NC(=O)COC(=O)c2ccc(CS(C)(=O)=O)cc2)cc1C. The molecule has 7 heteroatoms. The number of hydrogen-bond donors (Lipinski definition) is 1. The first kappa shape index (κ1) is 21.6. The lowest BCUT2D eigenvalue weighted by molar-refractivity contribution is -0.124. The number of sulfone groups is 1. The van der Waals surface area contributed by atoms with Crippen LogP contribution in [0.2, 0.25) is 0 Å². The minimum absolute atomic E-state index is 0.0961. The highest BCUT2D eigenvalue weighted by atomic mass is 32.2. The molecule has 0 bridgehead atoms. The number of rotatable bonds is 7. The van der Waals surface area contributed by atoms with Crippen LogP contribution in [0.4, 0.5) is 0 Å². The summed E-state index contributed by atoms with van der Waals surface area (Å²) in [6.45, 7) is 5.51. The van der Waals surface area contributed by atoms with Gasteiger partial charge in [0.25, 0.3) is 5.91 Å². The quantitative estimate of drug-likeness (QED) is 0.718. The van der Waals surface area contributed by atoms with E-state index in [1.807, 2.05) is 39.0 Å². The van der Waals surface area contributed by atoms with Crippen molar-refractivity contribution in [1.82, 2.24) is 5.32 Å². The number of nitrogens with one attached hydrogen (secondary N) is 1. The zero-order valence-corrected chi connectivity index (χ0v) is 17.3. The molecule has 0 saturated carbocycles. The first-order chi connectivity index (χ1) is 13.0. The molecule has 0 aliphatic carbocycles. The summed E-state index contributed by atoms with van der Waals surface area (Å²) in [5.41, 5.74) is 4.14. The van der Waals surface area contributed by atoms with Gasteiger partial charge in [0, 0.05) is 6.26 Å². The third-order valence-electron chi connectivity index (χ3n) is 4.36. The average Bonchev–Trinajstić information content (AvgIpc) is 2.61. The van der Waals surface area contributed by atoms with Crippen LogP contribution in [0.15, 0.2) is 42.5 Å². The van der Waals surface area contributed by atoms with Gasteiger partial charge in [0.05, 0.1) is 17.4 Å². The van der Waals surface area contributed by atoms with Crippen LogP contribution in [-0.2, 0) is 25.1 Å². The van der Waals surface area contributed by atoms with Gasteiger partial charge in [-0.25, -0.2) is 13.2 Å². The number of benzene rings is 2. The van der Waals surface area contributed by atoms with Gasteiger partial charge >= 0.3 is 5.97 Å². The number of carbonyl (C=O) groups is 2. The molecule has 0 fully saturated rings. The van der Waals surface area contributed by atoms with E-state index in [4.69, 9.17) is 4.74 Å². The molecule has 6 nitrogen and oxygen atoms in total. The number of carbonyl (C=O) groups excluding carboxylic acids is 2. The number of esters is 1. The maximum absolute atomic E-state index is 12.1. The first-order valence-electron chi connectivity index (χ1n) is 8.85. The summed E-state index contributed by atoms with van der Waals surface area (Å²) in [6, 6.07) is 11.8. The van der Waals surface area contributed by atoms with E-state index in [1.54, 1.807) is 12.1 Å². The highest BCUT2D eigenvalue weighted by Gasteiger charge is 2.14. The summed E-state index contributed by atoms with van der Waals surface area (Å²) >= 11 is 0. The Morgan fingerprint density at radius 2 is 1.68 bits per heavy atom. The molecule has 28 heavy (non-hydrogen) atoms. The fourth-order valence-electron chi connectivity index (χ4n) is 2.65. The van der Waals surface area contributed by atoms with E-state index in [0.29, 0.717) is 5.56 Å². The lowest BCUT2D eigenvalue weighted by atomic mass is 10.0. The van der Waals surface area contributed by atoms with Crippen LogP contribution in [0.1, 0.15) is 45.6 Å². The van der Waals surface area contributed by atoms with Crippen molar-refractivity contribution >= 4 is 21.7 Å². The number of aryl methyl sites for hydroxylation is 2. The highest BCUT2D eigenvalue weighted by Crippen LogP contribution is 2.16. The predicted octanol–water partition coefficient (Wildman–Crippen LogP) is 2.88. The minimum Gasteiger partial charge on any atom is -0.452 e. The molecule has 0 spiro atoms. The third-order valence-corrected chi connectivity index (χ3v) is 5.22. The van der Waals surface area contributed by atoms with Gasteiger partial charge < -0.3 is 10.1 Å². The second-order valence-corrected chi connectivity index (χ2v) is 9.12. The lowest BCUT2D eigenvalue weighted by Gasteiger charge is -2.15. The molecule has 2 aromatic carbocycles. The third kappa shape index (κ3) is 6.49. The molecule has 1 atom stereocenters. The summed E-state index contributed by atoms with van der Waals surface area (Å²) < 4.78 is 27.6. The van der Waals surface area contributed by atoms with Crippen LogP contribution in [0.25, 0.3) is 0 Å². The number of hydrogen-bond acceptors (Lipinski definition) is 5. The summed E-state index contributed by atoms with van der Waals surface area (Å²) in [5.74, 6) is -1.13. The fraction of sp³-hybridized carbons (Fsp3) is 0.333. The van der Waals surface area contributed by atoms with Crippen LogP contribution in [0.3, 0.4) is 0 Å². The summed E-state index contributed by atoms with van der Waals surface area (Å²) in [5, 5.41) is 2.80. The van der Waals surface area contributed by atoms with Crippen LogP contribution < -0.4 is 5.32 Å². The van der Waals surface area contributed by atoms with E-state index in [1.165, 1.54) is 17.7 Å². The van der Waals surface area contributed by atoms with E-state index in [0.717, 1.165) is 17.4 Å². The normalized spacial score (nSPS) is 12.3. The molecule has 0 unspecified atom stereocenters. The van der Waals surface area contributed by atoms with Crippen molar-refractivity contribution < 1.29 is 22.7 Å². The van der Waals surface area contributed by atoms with Crippen molar-refractivity contribution in [3.63, 3.8) is 0 Å². The Kier molecular flexibility index (Phi) is 6.96. The van der Waals surface area contributed by atoms with Gasteiger partial charge in [0.1, 0.15) is 0 Å². The van der Waals surface area contributed by atoms with Crippen molar-refractivity contribution in [1.29, 1.82) is 0 Å². The van der Waals surface area contributed by atoms with Crippen molar-refractivity contribution in [3.8, 4) is 0 Å². The Bertz CT molecular complexity index is 965. The molecule has 0 aliphatic heterocycles. The standard InChI is InChI=1S/C21H25NO5S/c1-14-5-8-19(11-15(14)2)16(3)22-20(23)12-27-21(24)18-9-6-17(7-10-18)13-28(4,25)26/h5-11,16H,12-13H2,1-4H3,(H,22,23)/t16-/m0/s1. The van der Waals surface area contributed by atoms with Gasteiger partial charge in [-0.3, -0.25) is 4.79 Å². The molecular formula is C21H25NO5S. The first-order valence-corrected chi connectivity index (χ1v) is 10.9. The number of amides is 1. The predicted molar refractivity (Wildman–Crippen MR) is 108 cm³/mol. The molecule has 0 saturated heterocycles. The molecule has 0 aliphatic rings. The van der Waals surface area contributed by atoms with Crippen LogP contribution in [-0.4, -0.2) is 33.2 Å². The Balaban J connectivity index is 1.87. The van der Waals surface area contributed by atoms with Gasteiger partial charge in [0.2, 0.25) is 0 Å². The van der Waals surface area contributed by atoms with Crippen molar-refractivity contribution in [2.24, 2.45) is 0 Å². The molecule has 0 aromatic heterocycles. The van der Waals surface area contributed by atoms with E-state index >= 15 is 0 Å². The van der Waals surface area contributed by atoms with Gasteiger partial charge in [-0.1, -0.05) is 30.3 Å². The topological polar surface area (TPSA) is 89.5 Å².